The van der Waals surface area contributed by atoms with Gasteiger partial charge in [0.25, 0.3) is 0 Å². The summed E-state index contributed by atoms with van der Waals surface area (Å²) in [4.78, 5) is 18.7. The van der Waals surface area contributed by atoms with Gasteiger partial charge < -0.3 is 18.4 Å². The van der Waals surface area contributed by atoms with Crippen molar-refractivity contribution < 1.29 is 18.4 Å². The minimum atomic E-state index is -3.80. The van der Waals surface area contributed by atoms with E-state index in [1.54, 1.807) is 6.92 Å². The van der Waals surface area contributed by atoms with Crippen molar-refractivity contribution in [3.63, 3.8) is 0 Å². The maximum Gasteiger partial charge on any atom is 0.674 e. The third kappa shape index (κ3) is 14.5. The van der Waals surface area contributed by atoms with Crippen molar-refractivity contribution in [2.75, 3.05) is 13.2 Å². The van der Waals surface area contributed by atoms with Gasteiger partial charge in [-0.15, -0.1) is 0 Å². The van der Waals surface area contributed by atoms with Crippen LogP contribution in [0.25, 0.3) is 0 Å². The van der Waals surface area contributed by atoms with Gasteiger partial charge in [-0.2, -0.15) is 0 Å². The van der Waals surface area contributed by atoms with Crippen LogP contribution >= 0.6 is 0 Å². The Labute approximate surface area is 126 Å². The number of unbranched alkanes of at least 4 members (excludes halogenated alkanes) is 10. The molecule has 0 aliphatic carbocycles. The molecule has 0 spiro atoms. The molecule has 0 atom stereocenters. The third-order valence-electron chi connectivity index (χ3n) is 3.37. The van der Waals surface area contributed by atoms with E-state index in [1.807, 2.05) is 0 Å². The molecule has 0 bridgehead atoms. The van der Waals surface area contributed by atoms with E-state index >= 15 is 0 Å². The molecule has 0 rings (SSSR count). The highest BCUT2D eigenvalue weighted by atomic mass is 28.4. The molecular weight excluding hydrogens is 272 g/mol. The van der Waals surface area contributed by atoms with Crippen molar-refractivity contribution in [1.82, 2.24) is 0 Å². The lowest BCUT2D eigenvalue weighted by Gasteiger charge is -2.15. The van der Waals surface area contributed by atoms with Crippen LogP contribution in [0.5, 0.6) is 0 Å². The summed E-state index contributed by atoms with van der Waals surface area (Å²) < 4.78 is 9.74. The van der Waals surface area contributed by atoms with E-state index in [-0.39, 0.29) is 6.61 Å². The second kappa shape index (κ2) is 14.0. The van der Waals surface area contributed by atoms with Crippen LogP contribution in [0.1, 0.15) is 84.5 Å². The molecule has 0 saturated heterocycles. The molecule has 0 aliphatic heterocycles. The smallest absolute Gasteiger partial charge is 0.367 e. The highest BCUT2D eigenvalue weighted by Gasteiger charge is 2.35. The zero-order chi connectivity index (χ0) is 15.1. The minimum Gasteiger partial charge on any atom is -0.367 e. The Morgan fingerprint density at radius 3 is 1.55 bits per heavy atom. The lowest BCUT2D eigenvalue weighted by Crippen LogP contribution is -2.43. The maximum atomic E-state index is 9.33. The molecule has 5 heteroatoms. The highest BCUT2D eigenvalue weighted by Crippen LogP contribution is 2.11. The van der Waals surface area contributed by atoms with Crippen molar-refractivity contribution in [2.24, 2.45) is 0 Å². The van der Waals surface area contributed by atoms with Crippen molar-refractivity contribution in [3.05, 3.63) is 0 Å². The van der Waals surface area contributed by atoms with E-state index in [4.69, 9.17) is 8.85 Å². The molecule has 4 nitrogen and oxygen atoms in total. The average molecular weight is 307 g/mol. The summed E-state index contributed by atoms with van der Waals surface area (Å²) in [5.41, 5.74) is 0. The van der Waals surface area contributed by atoms with Crippen molar-refractivity contribution in [3.8, 4) is 0 Å². The van der Waals surface area contributed by atoms with Crippen LogP contribution in [0.15, 0.2) is 0 Å². The van der Waals surface area contributed by atoms with Gasteiger partial charge in [0.2, 0.25) is 0 Å². The first-order chi connectivity index (χ1) is 9.62. The predicted molar refractivity (Wildman–Crippen MR) is 84.2 cm³/mol. The summed E-state index contributed by atoms with van der Waals surface area (Å²) in [6, 6.07) is 0. The van der Waals surface area contributed by atoms with Gasteiger partial charge in [-0.25, -0.2) is 0 Å². The molecule has 0 aliphatic rings. The summed E-state index contributed by atoms with van der Waals surface area (Å²) in [6.07, 6.45) is 14.0. The molecule has 0 fully saturated rings. The Bertz CT molecular complexity index is 200. The van der Waals surface area contributed by atoms with E-state index in [2.05, 4.69) is 6.92 Å². The molecule has 0 saturated carbocycles. The molecule has 0 aromatic heterocycles. The Kier molecular flexibility index (Phi) is 14.1. The molecule has 0 unspecified atom stereocenters. The van der Waals surface area contributed by atoms with E-state index in [1.165, 1.54) is 57.8 Å². The average Bonchev–Trinajstić information content (AvgIpc) is 2.40. The Hall–Kier alpha value is 0.0569. The van der Waals surface area contributed by atoms with E-state index < -0.39 is 9.05 Å². The zero-order valence-electron chi connectivity index (χ0n) is 13.4. The van der Waals surface area contributed by atoms with Crippen LogP contribution in [-0.2, 0) is 8.85 Å². The van der Waals surface area contributed by atoms with Crippen molar-refractivity contribution >= 4 is 9.05 Å². The van der Waals surface area contributed by atoms with E-state index in [0.29, 0.717) is 6.61 Å². The van der Waals surface area contributed by atoms with Gasteiger partial charge in [0.1, 0.15) is 0 Å². The molecular formula is C15H34O4Si. The summed E-state index contributed by atoms with van der Waals surface area (Å²) in [7, 11) is -3.80. The molecule has 0 heterocycles. The minimum absolute atomic E-state index is 0.275. The Morgan fingerprint density at radius 2 is 1.10 bits per heavy atom. The largest absolute Gasteiger partial charge is 0.674 e. The van der Waals surface area contributed by atoms with Crippen molar-refractivity contribution in [1.29, 1.82) is 0 Å². The fraction of sp³-hybridized carbons (Fsp3) is 1.00. The van der Waals surface area contributed by atoms with Crippen LogP contribution in [0.2, 0.25) is 0 Å². The fourth-order valence-corrected chi connectivity index (χ4v) is 3.07. The second-order valence-corrected chi connectivity index (χ2v) is 7.04. The highest BCUT2D eigenvalue weighted by molar-refractivity contribution is 6.50. The van der Waals surface area contributed by atoms with E-state index in [0.717, 1.165) is 12.8 Å². The monoisotopic (exact) mass is 306 g/mol. The second-order valence-electron chi connectivity index (χ2n) is 5.37. The van der Waals surface area contributed by atoms with Crippen LogP contribution in [-0.4, -0.2) is 31.9 Å². The first-order valence-electron chi connectivity index (χ1n) is 8.35. The van der Waals surface area contributed by atoms with Gasteiger partial charge >= 0.3 is 9.05 Å². The third-order valence-corrected chi connectivity index (χ3v) is 4.62. The SMILES string of the molecule is CCCCCCCCCCCCCO[Si](O)(O)OCC. The topological polar surface area (TPSA) is 58.9 Å². The molecule has 0 aromatic rings. The summed E-state index contributed by atoms with van der Waals surface area (Å²) in [5, 5.41) is 0. The van der Waals surface area contributed by atoms with Crippen LogP contribution in [0.3, 0.4) is 0 Å². The Balaban J connectivity index is 3.13. The van der Waals surface area contributed by atoms with Crippen LogP contribution in [0, 0.1) is 0 Å². The van der Waals surface area contributed by atoms with Gasteiger partial charge in [-0.1, -0.05) is 71.1 Å². The van der Waals surface area contributed by atoms with Crippen LogP contribution in [0.4, 0.5) is 0 Å². The van der Waals surface area contributed by atoms with Crippen LogP contribution < -0.4 is 0 Å². The molecule has 0 amide bonds. The maximum absolute atomic E-state index is 9.33. The van der Waals surface area contributed by atoms with Gasteiger partial charge in [-0.05, 0) is 13.3 Å². The molecule has 20 heavy (non-hydrogen) atoms. The molecule has 2 N–H and O–H groups in total. The Morgan fingerprint density at radius 1 is 0.650 bits per heavy atom. The fourth-order valence-electron chi connectivity index (χ4n) is 2.20. The van der Waals surface area contributed by atoms with Gasteiger partial charge in [0.05, 0.1) is 0 Å². The molecule has 122 valence electrons. The quantitative estimate of drug-likeness (QED) is 0.357. The lowest BCUT2D eigenvalue weighted by atomic mass is 10.1. The van der Waals surface area contributed by atoms with Gasteiger partial charge in [0.15, 0.2) is 0 Å². The summed E-state index contributed by atoms with van der Waals surface area (Å²) in [6.45, 7) is 4.63. The first-order valence-corrected chi connectivity index (χ1v) is 10.1. The molecule has 0 radical (unpaired) electrons. The predicted octanol–water partition coefficient (Wildman–Crippen LogP) is 3.77. The summed E-state index contributed by atoms with van der Waals surface area (Å²) in [5.74, 6) is 0. The van der Waals surface area contributed by atoms with Crippen molar-refractivity contribution in [2.45, 2.75) is 84.5 Å². The van der Waals surface area contributed by atoms with Gasteiger partial charge in [-0.3, -0.25) is 0 Å². The zero-order valence-corrected chi connectivity index (χ0v) is 14.4. The normalized spacial score (nSPS) is 12.0. The van der Waals surface area contributed by atoms with E-state index in [9.17, 15) is 9.59 Å². The molecule has 0 aromatic carbocycles. The standard InChI is InChI=1S/C15H34O4Si/c1-3-5-6-7-8-9-10-11-12-13-14-15-19-20(16,17)18-4-2/h16-17H,3-15H2,1-2H3. The van der Waals surface area contributed by atoms with Gasteiger partial charge in [0, 0.05) is 13.2 Å². The number of rotatable bonds is 15. The first kappa shape index (κ1) is 20.1. The summed E-state index contributed by atoms with van der Waals surface area (Å²) >= 11 is 0. The lowest BCUT2D eigenvalue weighted by molar-refractivity contribution is 0.0267. The number of hydrogen-bond donors (Lipinski definition) is 2. The number of hydrogen-bond acceptors (Lipinski definition) is 4.